The molecule has 3 saturated heterocycles. The van der Waals surface area contributed by atoms with Crippen molar-refractivity contribution in [3.05, 3.63) is 35.5 Å². The molecule has 0 bridgehead atoms. The van der Waals surface area contributed by atoms with E-state index in [0.29, 0.717) is 5.92 Å². The predicted molar refractivity (Wildman–Crippen MR) is 99.8 cm³/mol. The van der Waals surface area contributed by atoms with E-state index in [9.17, 15) is 0 Å². The van der Waals surface area contributed by atoms with Crippen molar-refractivity contribution in [1.82, 2.24) is 9.88 Å². The van der Waals surface area contributed by atoms with Crippen molar-refractivity contribution in [2.24, 2.45) is 0 Å². The Hall–Kier alpha value is -1.32. The molecule has 2 unspecified atom stereocenters. The van der Waals surface area contributed by atoms with Crippen LogP contribution < -0.4 is 0 Å². The van der Waals surface area contributed by atoms with Crippen molar-refractivity contribution in [3.8, 4) is 0 Å². The number of piperidine rings is 1. The zero-order valence-electron chi connectivity index (χ0n) is 14.5. The van der Waals surface area contributed by atoms with Crippen LogP contribution in [0.15, 0.2) is 24.4 Å². The fourth-order valence-electron chi connectivity index (χ4n) is 5.29. The van der Waals surface area contributed by atoms with E-state index in [1.807, 2.05) is 0 Å². The Kier molecular flexibility index (Phi) is 3.87. The largest absolute Gasteiger partial charge is 0.381 e. The van der Waals surface area contributed by atoms with Gasteiger partial charge in [-0.3, -0.25) is 0 Å². The van der Waals surface area contributed by atoms with E-state index in [1.165, 1.54) is 68.1 Å². The maximum absolute atomic E-state index is 5.54. The van der Waals surface area contributed by atoms with Crippen molar-refractivity contribution in [3.63, 3.8) is 0 Å². The normalized spacial score (nSPS) is 29.2. The maximum Gasteiger partial charge on any atom is 0.0471 e. The van der Waals surface area contributed by atoms with E-state index in [2.05, 4.69) is 34.3 Å². The van der Waals surface area contributed by atoms with E-state index in [1.54, 1.807) is 5.56 Å². The van der Waals surface area contributed by atoms with E-state index in [-0.39, 0.29) is 1.43 Å². The number of hydrogen-bond donors (Lipinski definition) is 1. The molecule has 1 N–H and O–H groups in total. The van der Waals surface area contributed by atoms with Crippen LogP contribution in [-0.4, -0.2) is 42.2 Å². The van der Waals surface area contributed by atoms with Crippen molar-refractivity contribution in [2.45, 2.75) is 56.4 Å². The molecule has 1 aromatic carbocycles. The highest BCUT2D eigenvalue weighted by Gasteiger charge is 2.33. The number of H-pyrrole nitrogens is 1. The average molecular weight is 326 g/mol. The van der Waals surface area contributed by atoms with E-state index < -0.39 is 0 Å². The summed E-state index contributed by atoms with van der Waals surface area (Å²) in [4.78, 5) is 6.26. The molecule has 3 aliphatic rings. The minimum Gasteiger partial charge on any atom is -0.381 e. The number of ether oxygens (including phenoxy) is 1. The van der Waals surface area contributed by atoms with Gasteiger partial charge in [0.1, 0.15) is 0 Å². The van der Waals surface area contributed by atoms with Crippen LogP contribution >= 0.6 is 0 Å². The number of hydrogen-bond acceptors (Lipinski definition) is 2. The maximum atomic E-state index is 5.54. The third kappa shape index (κ3) is 2.58. The van der Waals surface area contributed by atoms with Crippen LogP contribution in [0, 0.1) is 0 Å². The van der Waals surface area contributed by atoms with Crippen molar-refractivity contribution >= 4 is 10.9 Å². The third-order valence-corrected chi connectivity index (χ3v) is 6.69. The molecule has 0 amide bonds. The summed E-state index contributed by atoms with van der Waals surface area (Å²) in [6.07, 6.45) is 10.1. The van der Waals surface area contributed by atoms with Crippen LogP contribution in [0.25, 0.3) is 10.9 Å². The van der Waals surface area contributed by atoms with E-state index in [0.717, 1.165) is 25.2 Å². The predicted octanol–water partition coefficient (Wildman–Crippen LogP) is 4.65. The highest BCUT2D eigenvalue weighted by atomic mass is 16.5. The lowest BCUT2D eigenvalue weighted by Gasteiger charge is -2.34. The van der Waals surface area contributed by atoms with Gasteiger partial charge in [0.25, 0.3) is 0 Å². The van der Waals surface area contributed by atoms with Crippen LogP contribution in [0.4, 0.5) is 0 Å². The van der Waals surface area contributed by atoms with Gasteiger partial charge in [0.15, 0.2) is 0 Å². The molecule has 3 nitrogen and oxygen atoms in total. The third-order valence-electron chi connectivity index (χ3n) is 6.69. The monoisotopic (exact) mass is 326 g/mol. The SMILES string of the molecule is [HH].c1cc2[nH]cc(C3CCN4CCCC4C3)c2cc1C1CCOCC1. The summed E-state index contributed by atoms with van der Waals surface area (Å²) in [6.45, 7) is 4.46. The van der Waals surface area contributed by atoms with Crippen LogP contribution in [-0.2, 0) is 4.74 Å². The first kappa shape index (κ1) is 15.0. The fourth-order valence-corrected chi connectivity index (χ4v) is 5.29. The van der Waals surface area contributed by atoms with Gasteiger partial charge in [-0.25, -0.2) is 0 Å². The molecular weight excluding hydrogens is 296 g/mol. The van der Waals surface area contributed by atoms with Gasteiger partial charge < -0.3 is 14.6 Å². The van der Waals surface area contributed by atoms with Crippen LogP contribution in [0.5, 0.6) is 0 Å². The fraction of sp³-hybridized carbons (Fsp3) is 0.619. The molecular formula is C21H30N2O. The molecule has 0 saturated carbocycles. The second kappa shape index (κ2) is 6.20. The minimum absolute atomic E-state index is 0. The summed E-state index contributed by atoms with van der Waals surface area (Å²) >= 11 is 0. The Morgan fingerprint density at radius 3 is 2.88 bits per heavy atom. The lowest BCUT2D eigenvalue weighted by molar-refractivity contribution is 0.0853. The van der Waals surface area contributed by atoms with Gasteiger partial charge in [-0.1, -0.05) is 6.07 Å². The van der Waals surface area contributed by atoms with Gasteiger partial charge in [0.05, 0.1) is 0 Å². The van der Waals surface area contributed by atoms with Crippen molar-refractivity contribution < 1.29 is 6.16 Å². The molecule has 3 fully saturated rings. The molecule has 0 radical (unpaired) electrons. The first-order chi connectivity index (χ1) is 11.9. The topological polar surface area (TPSA) is 28.3 Å². The first-order valence-corrected chi connectivity index (χ1v) is 9.81. The molecule has 24 heavy (non-hydrogen) atoms. The molecule has 2 atom stereocenters. The zero-order chi connectivity index (χ0) is 15.9. The Balaban J connectivity index is 0.00000157. The Bertz CT molecular complexity index is 722. The first-order valence-electron chi connectivity index (χ1n) is 9.81. The zero-order valence-corrected chi connectivity index (χ0v) is 14.5. The molecule has 1 aromatic heterocycles. The summed E-state index contributed by atoms with van der Waals surface area (Å²) in [6, 6.07) is 7.96. The number of nitrogens with zero attached hydrogens (tertiary/aromatic N) is 1. The van der Waals surface area contributed by atoms with Crippen LogP contribution in [0.1, 0.15) is 62.9 Å². The van der Waals surface area contributed by atoms with Crippen molar-refractivity contribution in [2.75, 3.05) is 26.3 Å². The molecule has 2 aromatic rings. The average Bonchev–Trinajstić information content (AvgIpc) is 3.27. The summed E-state index contributed by atoms with van der Waals surface area (Å²) in [5.41, 5.74) is 4.41. The highest BCUT2D eigenvalue weighted by Crippen LogP contribution is 2.39. The minimum atomic E-state index is 0. The van der Waals surface area contributed by atoms with Crippen molar-refractivity contribution in [1.29, 1.82) is 0 Å². The highest BCUT2D eigenvalue weighted by molar-refractivity contribution is 5.84. The summed E-state index contributed by atoms with van der Waals surface area (Å²) in [7, 11) is 0. The number of rotatable bonds is 2. The van der Waals surface area contributed by atoms with E-state index >= 15 is 0 Å². The van der Waals surface area contributed by atoms with Gasteiger partial charge >= 0.3 is 0 Å². The molecule has 4 heterocycles. The quantitative estimate of drug-likeness (QED) is 0.870. The van der Waals surface area contributed by atoms with Gasteiger partial charge in [0.2, 0.25) is 0 Å². The molecule has 5 rings (SSSR count). The van der Waals surface area contributed by atoms with Crippen LogP contribution in [0.2, 0.25) is 0 Å². The molecule has 3 aliphatic heterocycles. The number of benzene rings is 1. The number of fused-ring (bicyclic) bond motifs is 2. The van der Waals surface area contributed by atoms with Gasteiger partial charge in [-0.05, 0) is 86.7 Å². The lowest BCUT2D eigenvalue weighted by atomic mass is 9.84. The summed E-state index contributed by atoms with van der Waals surface area (Å²) in [5.74, 6) is 1.42. The van der Waals surface area contributed by atoms with E-state index in [4.69, 9.17) is 4.74 Å². The molecule has 0 aliphatic carbocycles. The number of aromatic amines is 1. The Labute approximate surface area is 145 Å². The smallest absolute Gasteiger partial charge is 0.0471 e. The number of aromatic nitrogens is 1. The molecule has 130 valence electrons. The standard InChI is InChI=1S/C21H28N2O.H2/c1-2-18-12-17(5-9-23(18)8-1)20-14-22-21-4-3-16(13-19(20)21)15-6-10-24-11-7-15;/h3-4,13-15,17-18,22H,1-2,5-12H2;1H. The molecule has 3 heteroatoms. The number of nitrogens with one attached hydrogen (secondary N) is 1. The Morgan fingerprint density at radius 1 is 1.04 bits per heavy atom. The van der Waals surface area contributed by atoms with Gasteiger partial charge in [-0.15, -0.1) is 0 Å². The Morgan fingerprint density at radius 2 is 1.96 bits per heavy atom. The summed E-state index contributed by atoms with van der Waals surface area (Å²) in [5, 5.41) is 1.48. The lowest BCUT2D eigenvalue weighted by Crippen LogP contribution is -2.37. The van der Waals surface area contributed by atoms with Gasteiger partial charge in [0, 0.05) is 37.8 Å². The van der Waals surface area contributed by atoms with Gasteiger partial charge in [-0.2, -0.15) is 0 Å². The second-order valence-electron chi connectivity index (χ2n) is 7.99. The van der Waals surface area contributed by atoms with Crippen LogP contribution in [0.3, 0.4) is 0 Å². The second-order valence-corrected chi connectivity index (χ2v) is 7.99. The summed E-state index contributed by atoms with van der Waals surface area (Å²) < 4.78 is 5.54. The molecule has 0 spiro atoms.